The van der Waals surface area contributed by atoms with Crippen LogP contribution in [0.4, 0.5) is 0 Å². The number of rotatable bonds is 3. The highest BCUT2D eigenvalue weighted by Crippen LogP contribution is 2.60. The Morgan fingerprint density at radius 3 is 2.79 bits per heavy atom. The molecule has 1 aliphatic carbocycles. The fourth-order valence-corrected chi connectivity index (χ4v) is 4.34. The topological polar surface area (TPSA) is 85.6 Å². The van der Waals surface area contributed by atoms with E-state index in [4.69, 9.17) is 9.15 Å². The van der Waals surface area contributed by atoms with Crippen molar-refractivity contribution < 1.29 is 22.4 Å². The highest BCUT2D eigenvalue weighted by molar-refractivity contribution is 7.89. The van der Waals surface area contributed by atoms with Crippen molar-refractivity contribution in [1.29, 1.82) is 0 Å². The molecule has 1 aromatic rings. The van der Waals surface area contributed by atoms with Gasteiger partial charge in [-0.2, -0.15) is 8.42 Å². The van der Waals surface area contributed by atoms with Crippen LogP contribution in [0.3, 0.4) is 0 Å². The molecule has 7 heteroatoms. The van der Waals surface area contributed by atoms with Gasteiger partial charge in [-0.3, -0.25) is 4.79 Å². The summed E-state index contributed by atoms with van der Waals surface area (Å²) in [4.78, 5) is 12.1. The molecule has 1 aromatic heterocycles. The summed E-state index contributed by atoms with van der Waals surface area (Å²) in [6.45, 7) is 0. The van der Waals surface area contributed by atoms with Gasteiger partial charge in [0.05, 0.1) is 24.4 Å². The predicted molar refractivity (Wildman–Crippen MR) is 62.4 cm³/mol. The lowest BCUT2D eigenvalue weighted by atomic mass is 9.89. The highest BCUT2D eigenvalue weighted by atomic mass is 32.2. The van der Waals surface area contributed by atoms with E-state index in [0.717, 1.165) is 6.42 Å². The van der Waals surface area contributed by atoms with Gasteiger partial charge in [-0.15, -0.1) is 0 Å². The lowest BCUT2D eigenvalue weighted by Crippen LogP contribution is -2.40. The number of fused-ring (bicyclic) bond motifs is 5. The van der Waals surface area contributed by atoms with Crippen LogP contribution in [0, 0.1) is 17.8 Å². The molecule has 1 N–H and O–H groups in total. The summed E-state index contributed by atoms with van der Waals surface area (Å²) >= 11 is 0. The smallest absolute Gasteiger partial charge is 0.297 e. The van der Waals surface area contributed by atoms with Crippen LogP contribution in [0.5, 0.6) is 0 Å². The minimum absolute atomic E-state index is 0.0956. The standard InChI is InChI=1S/C12H13NO5S/c14-12(13-19(15,16)10-2-1-3-17-10)8-5-9-6-4-7(6)11(8)18-9/h1-3,6-9,11H,4-5H2,(H,13,14)/t6-,7+,8-,9+,11+/m1/s1. The molecule has 0 aromatic carbocycles. The Bertz CT molecular complexity index is 623. The van der Waals surface area contributed by atoms with E-state index in [-0.39, 0.29) is 23.2 Å². The molecule has 6 nitrogen and oxygen atoms in total. The van der Waals surface area contributed by atoms with Crippen molar-refractivity contribution in [2.45, 2.75) is 30.1 Å². The molecular weight excluding hydrogens is 270 g/mol. The Morgan fingerprint density at radius 2 is 2.16 bits per heavy atom. The predicted octanol–water partition coefficient (Wildman–Crippen LogP) is 0.508. The van der Waals surface area contributed by atoms with Gasteiger partial charge in [-0.05, 0) is 36.8 Å². The molecule has 3 heterocycles. The second-order valence-corrected chi connectivity index (χ2v) is 7.06. The molecule has 19 heavy (non-hydrogen) atoms. The third-order valence-corrected chi connectivity index (χ3v) is 5.57. The van der Waals surface area contributed by atoms with E-state index in [2.05, 4.69) is 4.72 Å². The zero-order valence-corrected chi connectivity index (χ0v) is 10.8. The normalized spacial score (nSPS) is 39.1. The van der Waals surface area contributed by atoms with Crippen molar-refractivity contribution >= 4 is 15.9 Å². The number of carbonyl (C=O) groups is 1. The summed E-state index contributed by atoms with van der Waals surface area (Å²) in [6.07, 6.45) is 3.06. The molecule has 3 aliphatic rings. The molecule has 5 atom stereocenters. The van der Waals surface area contributed by atoms with Crippen molar-refractivity contribution in [3.8, 4) is 0 Å². The summed E-state index contributed by atoms with van der Waals surface area (Å²) in [5, 5.41) is -0.241. The number of ether oxygens (including phenoxy) is 1. The molecule has 1 amide bonds. The second kappa shape index (κ2) is 3.61. The lowest BCUT2D eigenvalue weighted by molar-refractivity contribution is -0.125. The Labute approximate surface area is 110 Å². The maximum absolute atomic E-state index is 12.1. The molecule has 2 saturated heterocycles. The third-order valence-electron chi connectivity index (χ3n) is 4.34. The number of nitrogens with one attached hydrogen (secondary N) is 1. The van der Waals surface area contributed by atoms with Crippen molar-refractivity contribution in [2.24, 2.45) is 17.8 Å². The fourth-order valence-electron chi connectivity index (χ4n) is 3.38. The van der Waals surface area contributed by atoms with Gasteiger partial charge in [-0.25, -0.2) is 4.72 Å². The van der Waals surface area contributed by atoms with Crippen LogP contribution in [-0.4, -0.2) is 26.5 Å². The first-order valence-corrected chi connectivity index (χ1v) is 7.80. The van der Waals surface area contributed by atoms with E-state index in [0.29, 0.717) is 18.3 Å². The lowest BCUT2D eigenvalue weighted by Gasteiger charge is -2.17. The number of sulfonamides is 1. The van der Waals surface area contributed by atoms with Gasteiger partial charge < -0.3 is 9.15 Å². The quantitative estimate of drug-likeness (QED) is 0.873. The third kappa shape index (κ3) is 1.64. The minimum Gasteiger partial charge on any atom is -0.451 e. The van der Waals surface area contributed by atoms with E-state index in [1.54, 1.807) is 0 Å². The maximum Gasteiger partial charge on any atom is 0.297 e. The fraction of sp³-hybridized carbons (Fsp3) is 0.583. The van der Waals surface area contributed by atoms with Crippen LogP contribution < -0.4 is 4.72 Å². The Kier molecular flexibility index (Phi) is 2.18. The highest BCUT2D eigenvalue weighted by Gasteiger charge is 2.64. The molecule has 0 spiro atoms. The van der Waals surface area contributed by atoms with Gasteiger partial charge in [0.15, 0.2) is 0 Å². The van der Waals surface area contributed by atoms with E-state index in [1.807, 2.05) is 0 Å². The molecule has 2 aliphatic heterocycles. The SMILES string of the molecule is O=C(NS(=O)(=O)c1ccco1)[C@@H]1C[C@@H]2O[C@H]1[C@H]1C[C@H]12. The van der Waals surface area contributed by atoms with Crippen LogP contribution in [0.15, 0.2) is 27.9 Å². The zero-order chi connectivity index (χ0) is 13.2. The number of carbonyl (C=O) groups excluding carboxylic acids is 1. The van der Waals surface area contributed by atoms with Gasteiger partial charge in [0.1, 0.15) is 0 Å². The molecule has 3 fully saturated rings. The van der Waals surface area contributed by atoms with E-state index in [9.17, 15) is 13.2 Å². The van der Waals surface area contributed by atoms with Crippen molar-refractivity contribution in [2.75, 3.05) is 0 Å². The van der Waals surface area contributed by atoms with Crippen molar-refractivity contribution in [3.05, 3.63) is 18.4 Å². The van der Waals surface area contributed by atoms with Crippen LogP contribution in [0.1, 0.15) is 12.8 Å². The first-order valence-electron chi connectivity index (χ1n) is 6.32. The second-order valence-electron chi connectivity index (χ2n) is 5.45. The average Bonchev–Trinajstić information content (AvgIpc) is 2.82. The molecule has 1 saturated carbocycles. The Morgan fingerprint density at radius 1 is 1.32 bits per heavy atom. The van der Waals surface area contributed by atoms with Gasteiger partial charge >= 0.3 is 0 Å². The van der Waals surface area contributed by atoms with Crippen LogP contribution >= 0.6 is 0 Å². The monoisotopic (exact) mass is 283 g/mol. The van der Waals surface area contributed by atoms with Crippen LogP contribution in [0.2, 0.25) is 0 Å². The maximum atomic E-state index is 12.1. The number of hydrogen-bond acceptors (Lipinski definition) is 5. The number of amides is 1. The first-order chi connectivity index (χ1) is 9.06. The number of hydrogen-bond donors (Lipinski definition) is 1. The zero-order valence-electron chi connectivity index (χ0n) is 9.98. The molecule has 0 radical (unpaired) electrons. The van der Waals surface area contributed by atoms with Crippen LogP contribution in [-0.2, 0) is 19.6 Å². The van der Waals surface area contributed by atoms with Crippen molar-refractivity contribution in [1.82, 2.24) is 4.72 Å². The average molecular weight is 283 g/mol. The molecule has 102 valence electrons. The van der Waals surface area contributed by atoms with Crippen molar-refractivity contribution in [3.63, 3.8) is 0 Å². The minimum atomic E-state index is -3.90. The van der Waals surface area contributed by atoms with Gasteiger partial charge in [-0.1, -0.05) is 0 Å². The summed E-state index contributed by atoms with van der Waals surface area (Å²) in [6, 6.07) is 2.78. The summed E-state index contributed by atoms with van der Waals surface area (Å²) < 4.78 is 36.4. The van der Waals surface area contributed by atoms with Gasteiger partial charge in [0.25, 0.3) is 10.0 Å². The largest absolute Gasteiger partial charge is 0.451 e. The summed E-state index contributed by atoms with van der Waals surface area (Å²) in [5.41, 5.74) is 0. The molecule has 4 rings (SSSR count). The van der Waals surface area contributed by atoms with Crippen LogP contribution in [0.25, 0.3) is 0 Å². The Balaban J connectivity index is 1.50. The molecule has 0 unspecified atom stereocenters. The number of furan rings is 1. The van der Waals surface area contributed by atoms with E-state index in [1.165, 1.54) is 18.4 Å². The molecule has 2 bridgehead atoms. The van der Waals surface area contributed by atoms with Gasteiger partial charge in [0.2, 0.25) is 11.0 Å². The molecular formula is C12H13NO5S. The van der Waals surface area contributed by atoms with E-state index < -0.39 is 15.9 Å². The van der Waals surface area contributed by atoms with E-state index >= 15 is 0 Å². The Hall–Kier alpha value is -1.34. The summed E-state index contributed by atoms with van der Waals surface area (Å²) in [7, 11) is -3.90. The summed E-state index contributed by atoms with van der Waals surface area (Å²) in [5.74, 6) is 0.240. The first kappa shape index (κ1) is 11.5. The van der Waals surface area contributed by atoms with Gasteiger partial charge in [0, 0.05) is 0 Å².